The molecule has 0 aliphatic heterocycles. The number of fused-ring (bicyclic) bond motifs is 7. The van der Waals surface area contributed by atoms with E-state index in [1.54, 1.807) is 23.5 Å². The zero-order valence-corrected chi connectivity index (χ0v) is 19.0. The van der Waals surface area contributed by atoms with Crippen molar-refractivity contribution >= 4 is 69.8 Å². The van der Waals surface area contributed by atoms with Gasteiger partial charge < -0.3 is 4.57 Å². The van der Waals surface area contributed by atoms with E-state index in [1.165, 1.54) is 0 Å². The molecule has 0 aliphatic rings. The average molecular weight is 470 g/mol. The lowest BCUT2D eigenvalue weighted by atomic mass is 10.1. The second-order valence-corrected chi connectivity index (χ2v) is 9.61. The predicted octanol–water partition coefficient (Wildman–Crippen LogP) is 8.08. The molecule has 0 amide bonds. The number of aromatic nitrogens is 1. The minimum Gasteiger partial charge on any atom is -0.302 e. The summed E-state index contributed by atoms with van der Waals surface area (Å²) in [4.78, 5) is 12.0. The van der Waals surface area contributed by atoms with E-state index < -0.39 is 0 Å². The van der Waals surface area contributed by atoms with Gasteiger partial charge in [0, 0.05) is 32.3 Å². The smallest absolute Gasteiger partial charge is 0.294 e. The van der Waals surface area contributed by atoms with Gasteiger partial charge in [-0.15, -0.1) is 11.3 Å². The maximum absolute atomic E-state index is 12.3. The van der Waals surface area contributed by atoms with E-state index >= 15 is 0 Å². The molecule has 164 valence electrons. The molecule has 35 heavy (non-hydrogen) atoms. The third-order valence-corrected chi connectivity index (χ3v) is 7.87. The first-order valence-electron chi connectivity index (χ1n) is 11.1. The summed E-state index contributed by atoms with van der Waals surface area (Å²) in [6, 6.07) is 31.6. The molecule has 0 fully saturated rings. The van der Waals surface area contributed by atoms with Crippen LogP contribution in [0.3, 0.4) is 0 Å². The minimum atomic E-state index is -0.304. The second kappa shape index (κ2) is 7.13. The van der Waals surface area contributed by atoms with Crippen LogP contribution in [0.15, 0.2) is 91.0 Å². The number of hydrogen-bond donors (Lipinski definition) is 0. The van der Waals surface area contributed by atoms with E-state index in [9.17, 15) is 15.4 Å². The Hall–Kier alpha value is -4.73. The molecule has 0 spiro atoms. The van der Waals surface area contributed by atoms with Gasteiger partial charge in [0.25, 0.3) is 5.69 Å². The molecule has 0 unspecified atom stereocenters. The molecule has 0 atom stereocenters. The first kappa shape index (κ1) is 19.7. The van der Waals surface area contributed by atoms with Gasteiger partial charge in [0.15, 0.2) is 0 Å². The number of benzene rings is 5. The molecule has 5 aromatic carbocycles. The Bertz CT molecular complexity index is 2060. The Morgan fingerprint density at radius 2 is 1.51 bits per heavy atom. The fourth-order valence-corrected chi connectivity index (χ4v) is 6.38. The quantitative estimate of drug-likeness (QED) is 0.190. The number of rotatable bonds is 2. The van der Waals surface area contributed by atoms with Gasteiger partial charge in [-0.1, -0.05) is 42.5 Å². The van der Waals surface area contributed by atoms with Crippen molar-refractivity contribution in [1.82, 2.24) is 4.57 Å². The summed E-state index contributed by atoms with van der Waals surface area (Å²) in [5, 5.41) is 27.9. The van der Waals surface area contributed by atoms with E-state index in [0.717, 1.165) is 52.8 Å². The fourth-order valence-electron chi connectivity index (χ4n) is 5.14. The van der Waals surface area contributed by atoms with E-state index in [-0.39, 0.29) is 10.6 Å². The van der Waals surface area contributed by atoms with Crippen molar-refractivity contribution in [3.05, 3.63) is 107 Å². The van der Waals surface area contributed by atoms with Gasteiger partial charge in [-0.25, -0.2) is 0 Å². The highest BCUT2D eigenvalue weighted by atomic mass is 32.1. The third-order valence-electron chi connectivity index (χ3n) is 6.68. The maximum atomic E-state index is 12.3. The SMILES string of the molecule is N#Cc1ccc2c(c1)c1cc3ccccc3cc1n2-c1c([N+](=O)[O-])ccc2c1sc1ccccc12. The summed E-state index contributed by atoms with van der Waals surface area (Å²) in [5.74, 6) is 0. The van der Waals surface area contributed by atoms with Crippen LogP contribution in [0, 0.1) is 21.4 Å². The van der Waals surface area contributed by atoms with Crippen LogP contribution in [-0.2, 0) is 0 Å². The zero-order chi connectivity index (χ0) is 23.7. The van der Waals surface area contributed by atoms with Gasteiger partial charge in [0.1, 0.15) is 5.69 Å². The molecule has 0 saturated heterocycles. The molecule has 0 saturated carbocycles. The first-order chi connectivity index (χ1) is 17.1. The lowest BCUT2D eigenvalue weighted by Crippen LogP contribution is -2.00. The number of thiophene rings is 1. The largest absolute Gasteiger partial charge is 0.302 e. The summed E-state index contributed by atoms with van der Waals surface area (Å²) in [6.45, 7) is 0. The molecule has 7 rings (SSSR count). The van der Waals surface area contributed by atoms with Crippen molar-refractivity contribution in [2.75, 3.05) is 0 Å². The van der Waals surface area contributed by atoms with Gasteiger partial charge in [0.05, 0.1) is 32.3 Å². The Morgan fingerprint density at radius 1 is 0.771 bits per heavy atom. The molecule has 0 aliphatic carbocycles. The Labute approximate surface area is 202 Å². The number of hydrogen-bond acceptors (Lipinski definition) is 4. The van der Waals surface area contributed by atoms with Crippen LogP contribution in [-0.4, -0.2) is 9.49 Å². The van der Waals surface area contributed by atoms with Crippen molar-refractivity contribution in [2.45, 2.75) is 0 Å². The van der Waals surface area contributed by atoms with Gasteiger partial charge in [-0.2, -0.15) is 5.26 Å². The highest BCUT2D eigenvalue weighted by molar-refractivity contribution is 7.26. The zero-order valence-electron chi connectivity index (χ0n) is 18.2. The molecular formula is C29H15N3O2S. The Kier molecular flexibility index (Phi) is 4.02. The lowest BCUT2D eigenvalue weighted by Gasteiger charge is -2.11. The van der Waals surface area contributed by atoms with E-state index in [1.807, 2.05) is 59.2 Å². The standard InChI is InChI=1S/C29H15N3O2S/c30-16-17-9-11-24-22(13-17)23-14-18-5-1-2-6-19(18)15-26(23)31(24)28-25(32(33)34)12-10-21-20-7-3-4-8-27(20)35-29(21)28/h1-15H. The Morgan fingerprint density at radius 3 is 2.31 bits per heavy atom. The average Bonchev–Trinajstić information content (AvgIpc) is 3.41. The highest BCUT2D eigenvalue weighted by Crippen LogP contribution is 2.45. The van der Waals surface area contributed by atoms with Crippen molar-refractivity contribution in [1.29, 1.82) is 5.26 Å². The first-order valence-corrected chi connectivity index (χ1v) is 11.9. The van der Waals surface area contributed by atoms with Crippen LogP contribution >= 0.6 is 11.3 Å². The van der Waals surface area contributed by atoms with Gasteiger partial charge >= 0.3 is 0 Å². The van der Waals surface area contributed by atoms with Gasteiger partial charge in [-0.05, 0) is 53.2 Å². The van der Waals surface area contributed by atoms with Crippen molar-refractivity contribution in [3.8, 4) is 11.8 Å². The monoisotopic (exact) mass is 469 g/mol. The van der Waals surface area contributed by atoms with Crippen LogP contribution in [0.1, 0.15) is 5.56 Å². The summed E-state index contributed by atoms with van der Waals surface area (Å²) < 4.78 is 3.97. The van der Waals surface area contributed by atoms with E-state index in [0.29, 0.717) is 11.3 Å². The molecule has 2 aromatic heterocycles. The molecule has 2 heterocycles. The van der Waals surface area contributed by atoms with Crippen molar-refractivity contribution in [2.24, 2.45) is 0 Å². The number of nitriles is 1. The maximum Gasteiger partial charge on any atom is 0.294 e. The van der Waals surface area contributed by atoms with E-state index in [2.05, 4.69) is 30.3 Å². The topological polar surface area (TPSA) is 71.9 Å². The molecular weight excluding hydrogens is 454 g/mol. The van der Waals surface area contributed by atoms with Gasteiger partial charge in [-0.3, -0.25) is 10.1 Å². The molecule has 0 bridgehead atoms. The molecule has 0 N–H and O–H groups in total. The van der Waals surface area contributed by atoms with Crippen LogP contribution in [0.5, 0.6) is 0 Å². The van der Waals surface area contributed by atoms with Crippen LogP contribution < -0.4 is 0 Å². The summed E-state index contributed by atoms with van der Waals surface area (Å²) in [7, 11) is 0. The molecule has 5 nitrogen and oxygen atoms in total. The normalized spacial score (nSPS) is 11.6. The molecule has 0 radical (unpaired) electrons. The van der Waals surface area contributed by atoms with Crippen molar-refractivity contribution < 1.29 is 4.92 Å². The fraction of sp³-hybridized carbons (Fsp3) is 0. The summed E-state index contributed by atoms with van der Waals surface area (Å²) >= 11 is 1.57. The van der Waals surface area contributed by atoms with Crippen molar-refractivity contribution in [3.63, 3.8) is 0 Å². The number of nitrogens with zero attached hydrogens (tertiary/aromatic N) is 3. The van der Waals surface area contributed by atoms with E-state index in [4.69, 9.17) is 0 Å². The predicted molar refractivity (Wildman–Crippen MR) is 143 cm³/mol. The lowest BCUT2D eigenvalue weighted by molar-refractivity contribution is -0.384. The number of nitro groups is 1. The van der Waals surface area contributed by atoms with Crippen LogP contribution in [0.25, 0.3) is 58.4 Å². The summed E-state index contributed by atoms with van der Waals surface area (Å²) in [6.07, 6.45) is 0. The second-order valence-electron chi connectivity index (χ2n) is 8.56. The minimum absolute atomic E-state index is 0.0559. The third kappa shape index (κ3) is 2.73. The van der Waals surface area contributed by atoms with Gasteiger partial charge in [0.2, 0.25) is 0 Å². The van der Waals surface area contributed by atoms with Crippen LogP contribution in [0.4, 0.5) is 5.69 Å². The Balaban J connectivity index is 1.75. The van der Waals surface area contributed by atoms with Crippen LogP contribution in [0.2, 0.25) is 0 Å². The molecule has 6 heteroatoms. The molecule has 7 aromatic rings. The number of nitro benzene ring substituents is 1. The highest BCUT2D eigenvalue weighted by Gasteiger charge is 2.25. The summed E-state index contributed by atoms with van der Waals surface area (Å²) in [5.41, 5.74) is 2.89.